The van der Waals surface area contributed by atoms with Gasteiger partial charge in [-0.05, 0) is 43.2 Å². The molecular formula is C19H38O4Si2. The van der Waals surface area contributed by atoms with Gasteiger partial charge < -0.3 is 13.6 Å². The van der Waals surface area contributed by atoms with Crippen LogP contribution in [0.2, 0.25) is 36.3 Å². The molecule has 2 aliphatic rings. The summed E-state index contributed by atoms with van der Waals surface area (Å²) in [6, 6.07) is 0. The van der Waals surface area contributed by atoms with E-state index in [-0.39, 0.29) is 34.2 Å². The van der Waals surface area contributed by atoms with E-state index in [0.29, 0.717) is 0 Å². The first-order valence-electron chi connectivity index (χ1n) is 9.51. The molecule has 1 aliphatic heterocycles. The highest BCUT2D eigenvalue weighted by atomic mass is 28.4. The van der Waals surface area contributed by atoms with Crippen molar-refractivity contribution in [3.8, 4) is 0 Å². The predicted molar refractivity (Wildman–Crippen MR) is 107 cm³/mol. The first-order chi connectivity index (χ1) is 10.9. The Hall–Kier alpha value is -0.176. The van der Waals surface area contributed by atoms with E-state index in [1.54, 1.807) is 0 Å². The van der Waals surface area contributed by atoms with Crippen molar-refractivity contribution in [1.29, 1.82) is 0 Å². The quantitative estimate of drug-likeness (QED) is 0.498. The molecule has 146 valence electrons. The molecule has 2 rings (SSSR count). The van der Waals surface area contributed by atoms with Gasteiger partial charge in [0.25, 0.3) is 0 Å². The SMILES string of the molecule is CC(C)(C)[Si](C)(C)O[C@H]1[C@@H]2C[C@@H](OC2=O)[C@@]1(C)O[Si](C)(C)C(C)(C)C. The van der Waals surface area contributed by atoms with E-state index in [0.717, 1.165) is 6.42 Å². The number of rotatable bonds is 4. The molecular weight excluding hydrogens is 348 g/mol. The Morgan fingerprint density at radius 3 is 1.92 bits per heavy atom. The molecule has 0 N–H and O–H groups in total. The lowest BCUT2D eigenvalue weighted by Gasteiger charge is -2.51. The number of hydrogen-bond donors (Lipinski definition) is 0. The molecule has 0 amide bonds. The van der Waals surface area contributed by atoms with Crippen LogP contribution in [-0.2, 0) is 18.4 Å². The highest BCUT2D eigenvalue weighted by Crippen LogP contribution is 2.53. The second-order valence-corrected chi connectivity index (χ2v) is 20.6. The molecule has 0 spiro atoms. The van der Waals surface area contributed by atoms with Crippen molar-refractivity contribution in [3.63, 3.8) is 0 Å². The van der Waals surface area contributed by atoms with Gasteiger partial charge in [-0.2, -0.15) is 0 Å². The minimum atomic E-state index is -2.02. The number of fused-ring (bicyclic) bond motifs is 2. The van der Waals surface area contributed by atoms with Gasteiger partial charge in [0.1, 0.15) is 11.7 Å². The summed E-state index contributed by atoms with van der Waals surface area (Å²) >= 11 is 0. The van der Waals surface area contributed by atoms with Gasteiger partial charge >= 0.3 is 5.97 Å². The monoisotopic (exact) mass is 386 g/mol. The normalized spacial score (nSPS) is 33.7. The van der Waals surface area contributed by atoms with Crippen molar-refractivity contribution in [2.75, 3.05) is 0 Å². The molecule has 0 aromatic heterocycles. The van der Waals surface area contributed by atoms with Crippen LogP contribution in [-0.4, -0.2) is 40.4 Å². The van der Waals surface area contributed by atoms with Crippen LogP contribution in [0.15, 0.2) is 0 Å². The fourth-order valence-corrected chi connectivity index (χ4v) is 6.34. The highest BCUT2D eigenvalue weighted by molar-refractivity contribution is 6.74. The minimum absolute atomic E-state index is 0.0939. The molecule has 2 bridgehead atoms. The summed E-state index contributed by atoms with van der Waals surface area (Å²) in [5.74, 6) is -0.293. The van der Waals surface area contributed by atoms with E-state index >= 15 is 0 Å². The smallest absolute Gasteiger partial charge is 0.312 e. The van der Waals surface area contributed by atoms with Gasteiger partial charge in [-0.3, -0.25) is 4.79 Å². The second kappa shape index (κ2) is 5.91. The molecule has 1 heterocycles. The number of hydrogen-bond acceptors (Lipinski definition) is 4. The summed E-state index contributed by atoms with van der Waals surface area (Å²) in [5, 5.41) is 0.194. The van der Waals surface area contributed by atoms with Crippen molar-refractivity contribution in [2.45, 2.75) is 109 Å². The molecule has 4 nitrogen and oxygen atoms in total. The zero-order valence-electron chi connectivity index (χ0n) is 18.1. The molecule has 0 radical (unpaired) electrons. The van der Waals surface area contributed by atoms with Crippen LogP contribution in [0.25, 0.3) is 0 Å². The number of ether oxygens (including phenoxy) is 1. The first kappa shape index (κ1) is 21.1. The molecule has 4 atom stereocenters. The maximum absolute atomic E-state index is 12.3. The first-order valence-corrected chi connectivity index (χ1v) is 15.3. The van der Waals surface area contributed by atoms with Crippen LogP contribution < -0.4 is 0 Å². The Morgan fingerprint density at radius 2 is 1.48 bits per heavy atom. The van der Waals surface area contributed by atoms with Crippen molar-refractivity contribution in [3.05, 3.63) is 0 Å². The fourth-order valence-electron chi connectivity index (χ4n) is 3.30. The third-order valence-electron chi connectivity index (χ3n) is 7.11. The lowest BCUT2D eigenvalue weighted by molar-refractivity contribution is -0.178. The Morgan fingerprint density at radius 1 is 1.00 bits per heavy atom. The average Bonchev–Trinajstić information content (AvgIpc) is 2.84. The third kappa shape index (κ3) is 3.51. The van der Waals surface area contributed by atoms with E-state index in [9.17, 15) is 4.79 Å². The molecule has 25 heavy (non-hydrogen) atoms. The highest BCUT2D eigenvalue weighted by Gasteiger charge is 2.66. The van der Waals surface area contributed by atoms with Gasteiger partial charge in [-0.25, -0.2) is 0 Å². The van der Waals surface area contributed by atoms with E-state index in [2.05, 4.69) is 74.7 Å². The lowest BCUT2D eigenvalue weighted by atomic mass is 9.95. The molecule has 0 aromatic rings. The summed E-state index contributed by atoms with van der Waals surface area (Å²) in [4.78, 5) is 12.3. The van der Waals surface area contributed by atoms with Crippen molar-refractivity contribution < 1.29 is 18.4 Å². The Balaban J connectivity index is 2.37. The molecule has 1 saturated carbocycles. The summed E-state index contributed by atoms with van der Waals surface area (Å²) < 4.78 is 19.3. The molecule has 1 saturated heterocycles. The van der Waals surface area contributed by atoms with E-state index in [4.69, 9.17) is 13.6 Å². The standard InChI is InChI=1S/C19H38O4Si2/c1-17(2,3)24(8,9)22-15-13-12-14(21-16(13)20)19(15,7)23-25(10,11)18(4,5)6/h13-15H,12H2,1-11H3/t13-,14+,15-,19+/m0/s1. The van der Waals surface area contributed by atoms with Crippen molar-refractivity contribution >= 4 is 22.6 Å². The van der Waals surface area contributed by atoms with Crippen LogP contribution in [0.4, 0.5) is 0 Å². The maximum Gasteiger partial charge on any atom is 0.312 e. The summed E-state index contributed by atoms with van der Waals surface area (Å²) in [7, 11) is -4.04. The van der Waals surface area contributed by atoms with Gasteiger partial charge in [0.05, 0.1) is 12.0 Å². The van der Waals surface area contributed by atoms with Crippen LogP contribution in [0, 0.1) is 5.92 Å². The van der Waals surface area contributed by atoms with Crippen LogP contribution in [0.3, 0.4) is 0 Å². The van der Waals surface area contributed by atoms with E-state index < -0.39 is 22.2 Å². The van der Waals surface area contributed by atoms with Crippen LogP contribution in [0.1, 0.15) is 54.9 Å². The zero-order chi connectivity index (χ0) is 19.6. The minimum Gasteiger partial charge on any atom is -0.459 e. The van der Waals surface area contributed by atoms with Gasteiger partial charge in [0.2, 0.25) is 0 Å². The molecule has 1 aliphatic carbocycles. The summed E-state index contributed by atoms with van der Waals surface area (Å²) in [5.41, 5.74) is -0.545. The fraction of sp³-hybridized carbons (Fsp3) is 0.947. The second-order valence-electron chi connectivity index (χ2n) is 11.1. The largest absolute Gasteiger partial charge is 0.459 e. The molecule has 0 unspecified atom stereocenters. The molecule has 6 heteroatoms. The van der Waals surface area contributed by atoms with Crippen LogP contribution in [0.5, 0.6) is 0 Å². The number of carbonyl (C=O) groups excluding carboxylic acids is 1. The predicted octanol–water partition coefficient (Wildman–Crippen LogP) is 5.10. The van der Waals surface area contributed by atoms with Crippen LogP contribution >= 0.6 is 0 Å². The Bertz CT molecular complexity index is 545. The summed E-state index contributed by atoms with van der Waals surface area (Å²) in [6.45, 7) is 24.5. The average molecular weight is 387 g/mol. The zero-order valence-corrected chi connectivity index (χ0v) is 20.1. The van der Waals surface area contributed by atoms with E-state index in [1.165, 1.54) is 0 Å². The summed E-state index contributed by atoms with van der Waals surface area (Å²) in [6.07, 6.45) is 0.339. The Kier molecular flexibility index (Phi) is 4.99. The van der Waals surface area contributed by atoms with Crippen molar-refractivity contribution in [1.82, 2.24) is 0 Å². The Labute approximate surface area is 156 Å². The van der Waals surface area contributed by atoms with Gasteiger partial charge in [-0.15, -0.1) is 0 Å². The topological polar surface area (TPSA) is 44.8 Å². The lowest BCUT2D eigenvalue weighted by Crippen LogP contribution is -2.62. The molecule has 2 fully saturated rings. The maximum atomic E-state index is 12.3. The van der Waals surface area contributed by atoms with E-state index in [1.807, 2.05) is 0 Å². The van der Waals surface area contributed by atoms with Gasteiger partial charge in [-0.1, -0.05) is 41.5 Å². The molecule has 0 aromatic carbocycles. The number of carbonyl (C=O) groups is 1. The van der Waals surface area contributed by atoms with Crippen molar-refractivity contribution in [2.24, 2.45) is 5.92 Å². The third-order valence-corrected chi connectivity index (χ3v) is 16.1. The van der Waals surface area contributed by atoms with Gasteiger partial charge in [0, 0.05) is 6.42 Å². The van der Waals surface area contributed by atoms with Gasteiger partial charge in [0.15, 0.2) is 16.6 Å². The number of esters is 1.